The molecule has 1 N–H and O–H groups in total. The molecule has 0 radical (unpaired) electrons. The number of hydrogen-bond donors (Lipinski definition) is 1. The highest BCUT2D eigenvalue weighted by Crippen LogP contribution is 2.31. The van der Waals surface area contributed by atoms with Gasteiger partial charge in [0.2, 0.25) is 0 Å². The van der Waals surface area contributed by atoms with Crippen molar-refractivity contribution in [2.24, 2.45) is 5.10 Å². The topological polar surface area (TPSA) is 81.4 Å². The molecule has 0 aliphatic carbocycles. The molecule has 154 valence electrons. The van der Waals surface area contributed by atoms with Crippen molar-refractivity contribution in [1.82, 2.24) is 20.2 Å². The number of carbonyl (C=O) groups excluding carboxylic acids is 1. The SMILES string of the molecule is COc1ccc(-c2nn(-c3ccccc3)cc2/C=N\NC(=O)c2ccncc2)cc1Cl. The molecule has 31 heavy (non-hydrogen) atoms. The number of hydrazone groups is 1. The van der Waals surface area contributed by atoms with Gasteiger partial charge in [-0.25, -0.2) is 10.1 Å². The molecule has 0 bridgehead atoms. The van der Waals surface area contributed by atoms with Crippen LogP contribution < -0.4 is 10.2 Å². The number of hydrogen-bond acceptors (Lipinski definition) is 5. The molecule has 4 rings (SSSR count). The summed E-state index contributed by atoms with van der Waals surface area (Å²) in [5, 5.41) is 9.29. The monoisotopic (exact) mass is 431 g/mol. The van der Waals surface area contributed by atoms with E-state index in [1.54, 1.807) is 54.7 Å². The maximum atomic E-state index is 12.2. The lowest BCUT2D eigenvalue weighted by atomic mass is 10.1. The van der Waals surface area contributed by atoms with Crippen LogP contribution in [0, 0.1) is 0 Å². The van der Waals surface area contributed by atoms with Gasteiger partial charge in [0, 0.05) is 35.3 Å². The summed E-state index contributed by atoms with van der Waals surface area (Å²) in [6.45, 7) is 0. The van der Waals surface area contributed by atoms with E-state index in [1.807, 2.05) is 42.6 Å². The Morgan fingerprint density at radius 1 is 1.13 bits per heavy atom. The highest BCUT2D eigenvalue weighted by molar-refractivity contribution is 6.32. The van der Waals surface area contributed by atoms with Gasteiger partial charge in [0.25, 0.3) is 5.91 Å². The van der Waals surface area contributed by atoms with Crippen LogP contribution in [-0.4, -0.2) is 34.0 Å². The van der Waals surface area contributed by atoms with Crippen molar-refractivity contribution >= 4 is 23.7 Å². The molecule has 1 amide bonds. The molecule has 0 aliphatic heterocycles. The third-order valence-electron chi connectivity index (χ3n) is 4.50. The van der Waals surface area contributed by atoms with Crippen LogP contribution in [0.3, 0.4) is 0 Å². The Hall–Kier alpha value is -3.97. The van der Waals surface area contributed by atoms with Gasteiger partial charge in [0.05, 0.1) is 24.0 Å². The van der Waals surface area contributed by atoms with Crippen LogP contribution in [0.1, 0.15) is 15.9 Å². The van der Waals surface area contributed by atoms with Gasteiger partial charge in [-0.1, -0.05) is 29.8 Å². The maximum absolute atomic E-state index is 12.2. The first-order chi connectivity index (χ1) is 15.2. The first-order valence-corrected chi connectivity index (χ1v) is 9.76. The van der Waals surface area contributed by atoms with Crippen molar-refractivity contribution in [1.29, 1.82) is 0 Å². The van der Waals surface area contributed by atoms with Crippen LogP contribution in [0.5, 0.6) is 5.75 Å². The van der Waals surface area contributed by atoms with Gasteiger partial charge in [-0.05, 0) is 42.5 Å². The fraction of sp³-hybridized carbons (Fsp3) is 0.0435. The number of nitrogens with one attached hydrogen (secondary N) is 1. The second-order valence-electron chi connectivity index (χ2n) is 6.50. The standard InChI is InChI=1S/C23H18ClN5O2/c1-31-21-8-7-17(13-20(21)24)22-18(15-29(28-22)19-5-3-2-4-6-19)14-26-27-23(30)16-9-11-25-12-10-16/h2-15H,1H3,(H,27,30)/b26-14-. The van der Waals surface area contributed by atoms with E-state index in [0.717, 1.165) is 11.3 Å². The highest BCUT2D eigenvalue weighted by atomic mass is 35.5. The molecule has 2 aromatic heterocycles. The fourth-order valence-electron chi connectivity index (χ4n) is 2.96. The third-order valence-corrected chi connectivity index (χ3v) is 4.80. The van der Waals surface area contributed by atoms with Crippen molar-refractivity contribution in [2.75, 3.05) is 7.11 Å². The van der Waals surface area contributed by atoms with Crippen molar-refractivity contribution in [3.05, 3.63) is 95.4 Å². The van der Waals surface area contributed by atoms with Crippen molar-refractivity contribution in [3.63, 3.8) is 0 Å². The lowest BCUT2D eigenvalue weighted by molar-refractivity contribution is 0.0955. The number of para-hydroxylation sites is 1. The minimum absolute atomic E-state index is 0.330. The number of carbonyl (C=O) groups is 1. The first kappa shape index (κ1) is 20.3. The largest absolute Gasteiger partial charge is 0.495 e. The number of rotatable bonds is 6. The van der Waals surface area contributed by atoms with Crippen molar-refractivity contribution < 1.29 is 9.53 Å². The summed E-state index contributed by atoms with van der Waals surface area (Å²) in [4.78, 5) is 16.1. The molecule has 2 heterocycles. The van der Waals surface area contributed by atoms with Gasteiger partial charge in [-0.3, -0.25) is 9.78 Å². The van der Waals surface area contributed by atoms with E-state index in [9.17, 15) is 4.79 Å². The molecule has 4 aromatic rings. The zero-order valence-electron chi connectivity index (χ0n) is 16.6. The molecule has 0 saturated heterocycles. The van der Waals surface area contributed by atoms with Crippen LogP contribution in [0.4, 0.5) is 0 Å². The Kier molecular flexibility index (Phi) is 6.05. The Labute approximate surface area is 184 Å². The average molecular weight is 432 g/mol. The van der Waals surface area contributed by atoms with Gasteiger partial charge < -0.3 is 4.74 Å². The first-order valence-electron chi connectivity index (χ1n) is 9.38. The van der Waals surface area contributed by atoms with Crippen LogP contribution in [0.25, 0.3) is 16.9 Å². The van der Waals surface area contributed by atoms with Crippen LogP contribution >= 0.6 is 11.6 Å². The second kappa shape index (κ2) is 9.23. The lowest BCUT2D eigenvalue weighted by Gasteiger charge is -2.05. The zero-order valence-corrected chi connectivity index (χ0v) is 17.3. The van der Waals surface area contributed by atoms with Gasteiger partial charge >= 0.3 is 0 Å². The summed E-state index contributed by atoms with van der Waals surface area (Å²) in [5.41, 5.74) is 6.05. The molecule has 0 aliphatic rings. The summed E-state index contributed by atoms with van der Waals surface area (Å²) < 4.78 is 6.99. The van der Waals surface area contributed by atoms with E-state index in [-0.39, 0.29) is 5.91 Å². The molecule has 7 nitrogen and oxygen atoms in total. The molecule has 8 heteroatoms. The Balaban J connectivity index is 1.67. The Morgan fingerprint density at radius 2 is 1.90 bits per heavy atom. The van der Waals surface area contributed by atoms with E-state index in [4.69, 9.17) is 21.4 Å². The average Bonchev–Trinajstić information content (AvgIpc) is 3.24. The lowest BCUT2D eigenvalue weighted by Crippen LogP contribution is -2.17. The molecule has 0 atom stereocenters. The Bertz CT molecular complexity index is 1220. The van der Waals surface area contributed by atoms with Gasteiger partial charge in [0.15, 0.2) is 0 Å². The quantitative estimate of drug-likeness (QED) is 0.363. The second-order valence-corrected chi connectivity index (χ2v) is 6.90. The van der Waals surface area contributed by atoms with E-state index >= 15 is 0 Å². The predicted octanol–water partition coefficient (Wildman–Crippen LogP) is 4.36. The molecule has 0 spiro atoms. The minimum Gasteiger partial charge on any atom is -0.495 e. The highest BCUT2D eigenvalue weighted by Gasteiger charge is 2.13. The molecule has 0 fully saturated rings. The maximum Gasteiger partial charge on any atom is 0.271 e. The van der Waals surface area contributed by atoms with Crippen LogP contribution in [0.15, 0.2) is 84.4 Å². The number of aromatic nitrogens is 3. The number of nitrogens with zero attached hydrogens (tertiary/aromatic N) is 4. The number of pyridine rings is 1. The molecule has 0 saturated carbocycles. The predicted molar refractivity (Wildman–Crippen MR) is 120 cm³/mol. The van der Waals surface area contributed by atoms with E-state index in [2.05, 4.69) is 15.5 Å². The number of halogens is 1. The van der Waals surface area contributed by atoms with Crippen molar-refractivity contribution in [3.8, 4) is 22.7 Å². The molecule has 0 unspecified atom stereocenters. The summed E-state index contributed by atoms with van der Waals surface area (Å²) >= 11 is 6.31. The van der Waals surface area contributed by atoms with E-state index in [0.29, 0.717) is 27.6 Å². The van der Waals surface area contributed by atoms with Crippen LogP contribution in [0.2, 0.25) is 5.02 Å². The number of amides is 1. The zero-order chi connectivity index (χ0) is 21.6. The van der Waals surface area contributed by atoms with E-state index < -0.39 is 0 Å². The summed E-state index contributed by atoms with van der Waals surface area (Å²) in [7, 11) is 1.56. The normalized spacial score (nSPS) is 10.9. The van der Waals surface area contributed by atoms with Gasteiger partial charge in [-0.2, -0.15) is 10.2 Å². The summed E-state index contributed by atoms with van der Waals surface area (Å²) in [5.74, 6) is 0.246. The summed E-state index contributed by atoms with van der Waals surface area (Å²) in [6, 6.07) is 18.4. The fourth-order valence-corrected chi connectivity index (χ4v) is 3.22. The molecular formula is C23H18ClN5O2. The van der Waals surface area contributed by atoms with Crippen molar-refractivity contribution in [2.45, 2.75) is 0 Å². The molecule has 2 aromatic carbocycles. The van der Waals surface area contributed by atoms with Gasteiger partial charge in [-0.15, -0.1) is 0 Å². The molecular weight excluding hydrogens is 414 g/mol. The summed E-state index contributed by atoms with van der Waals surface area (Å²) in [6.07, 6.45) is 6.49. The minimum atomic E-state index is -0.330. The smallest absolute Gasteiger partial charge is 0.271 e. The Morgan fingerprint density at radius 3 is 2.61 bits per heavy atom. The third kappa shape index (κ3) is 4.62. The van der Waals surface area contributed by atoms with Gasteiger partial charge in [0.1, 0.15) is 11.4 Å². The number of benzene rings is 2. The number of methoxy groups -OCH3 is 1. The van der Waals surface area contributed by atoms with E-state index in [1.165, 1.54) is 0 Å². The number of ether oxygens (including phenoxy) is 1. The van der Waals surface area contributed by atoms with Crippen LogP contribution in [-0.2, 0) is 0 Å².